The Morgan fingerprint density at radius 2 is 1.75 bits per heavy atom. The maximum absolute atomic E-state index is 12.9. The van der Waals surface area contributed by atoms with Gasteiger partial charge in [-0.1, -0.05) is 30.3 Å². The summed E-state index contributed by atoms with van der Waals surface area (Å²) in [4.78, 5) is 23.6. The Morgan fingerprint density at radius 1 is 1.04 bits per heavy atom. The molecule has 2 aromatic rings. The molecule has 6 heteroatoms. The number of hydrogen-bond donors (Lipinski definition) is 3. The van der Waals surface area contributed by atoms with E-state index < -0.39 is 0 Å². The van der Waals surface area contributed by atoms with Crippen molar-refractivity contribution in [2.24, 2.45) is 0 Å². The summed E-state index contributed by atoms with van der Waals surface area (Å²) in [5, 5.41) is 8.03. The monoisotopic (exact) mass is 327 g/mol. The lowest BCUT2D eigenvalue weighted by Gasteiger charge is -2.08. The second kappa shape index (κ2) is 7.12. The maximum atomic E-state index is 12.9. The zero-order valence-corrected chi connectivity index (χ0v) is 13.0. The first kappa shape index (κ1) is 16.0. The van der Waals surface area contributed by atoms with Crippen LogP contribution in [0.25, 0.3) is 0 Å². The third kappa shape index (κ3) is 4.32. The topological polar surface area (TPSA) is 70.2 Å². The summed E-state index contributed by atoms with van der Waals surface area (Å²) < 4.78 is 12.9. The van der Waals surface area contributed by atoms with Crippen LogP contribution in [0.5, 0.6) is 0 Å². The molecular formula is C18H18FN3O2. The van der Waals surface area contributed by atoms with Gasteiger partial charge >= 0.3 is 6.03 Å². The summed E-state index contributed by atoms with van der Waals surface area (Å²) >= 11 is 0. The molecule has 0 unspecified atom stereocenters. The molecule has 0 bridgehead atoms. The van der Waals surface area contributed by atoms with Crippen molar-refractivity contribution in [2.75, 3.05) is 11.9 Å². The van der Waals surface area contributed by atoms with Gasteiger partial charge in [-0.25, -0.2) is 9.18 Å². The molecule has 3 amide bonds. The molecule has 0 radical (unpaired) electrons. The Labute approximate surface area is 139 Å². The van der Waals surface area contributed by atoms with E-state index in [1.807, 2.05) is 18.2 Å². The molecule has 2 aromatic carbocycles. The van der Waals surface area contributed by atoms with Gasteiger partial charge in [-0.3, -0.25) is 4.79 Å². The van der Waals surface area contributed by atoms with Crippen LogP contribution in [0.4, 0.5) is 14.9 Å². The number of hydrogen-bond acceptors (Lipinski definition) is 2. The number of nitrogens with one attached hydrogen (secondary N) is 3. The van der Waals surface area contributed by atoms with Crippen molar-refractivity contribution in [3.8, 4) is 0 Å². The van der Waals surface area contributed by atoms with Crippen molar-refractivity contribution >= 4 is 17.6 Å². The van der Waals surface area contributed by atoms with Gasteiger partial charge in [0, 0.05) is 17.6 Å². The Kier molecular flexibility index (Phi) is 4.74. The summed E-state index contributed by atoms with van der Waals surface area (Å²) in [7, 11) is 0. The summed E-state index contributed by atoms with van der Waals surface area (Å²) in [6.45, 7) is -0.103. The minimum absolute atomic E-state index is 0.0210. The third-order valence-corrected chi connectivity index (χ3v) is 3.87. The standard InChI is InChI=1S/C18H18FN3O2/c19-13-8-6-12(7-9-13)15-10-16(15)22-18(24)20-11-17(23)21-14-4-2-1-3-5-14/h1-9,15-16H,10-11H2,(H,21,23)(H2,20,22,24)/t15-,16+/m0/s1. The van der Waals surface area contributed by atoms with E-state index in [0.29, 0.717) is 5.69 Å². The Balaban J connectivity index is 1.39. The number of anilines is 1. The van der Waals surface area contributed by atoms with E-state index in [4.69, 9.17) is 0 Å². The van der Waals surface area contributed by atoms with E-state index in [1.165, 1.54) is 12.1 Å². The summed E-state index contributed by atoms with van der Waals surface area (Å²) in [5.74, 6) is -0.359. The van der Waals surface area contributed by atoms with E-state index in [1.54, 1.807) is 24.3 Å². The van der Waals surface area contributed by atoms with Crippen LogP contribution in [0.15, 0.2) is 54.6 Å². The summed E-state index contributed by atoms with van der Waals surface area (Å²) in [6.07, 6.45) is 0.815. The molecular weight excluding hydrogens is 309 g/mol. The third-order valence-electron chi connectivity index (χ3n) is 3.87. The van der Waals surface area contributed by atoms with Crippen LogP contribution in [-0.2, 0) is 4.79 Å². The highest BCUT2D eigenvalue weighted by Gasteiger charge is 2.39. The molecule has 0 aromatic heterocycles. The number of carbonyl (C=O) groups is 2. The fourth-order valence-electron chi connectivity index (χ4n) is 2.54. The van der Waals surface area contributed by atoms with Gasteiger partial charge in [0.1, 0.15) is 5.82 Å². The van der Waals surface area contributed by atoms with Crippen molar-refractivity contribution in [2.45, 2.75) is 18.4 Å². The van der Waals surface area contributed by atoms with Crippen LogP contribution in [0.1, 0.15) is 17.9 Å². The summed E-state index contributed by atoms with van der Waals surface area (Å²) in [6, 6.07) is 15.0. The number of urea groups is 1. The van der Waals surface area contributed by atoms with E-state index in [-0.39, 0.29) is 36.3 Å². The Bertz CT molecular complexity index is 719. The molecule has 0 spiro atoms. The van der Waals surface area contributed by atoms with Gasteiger partial charge in [0.25, 0.3) is 0 Å². The van der Waals surface area contributed by atoms with Crippen LogP contribution in [0, 0.1) is 5.82 Å². The number of carbonyl (C=O) groups excluding carboxylic acids is 2. The molecule has 1 fully saturated rings. The minimum Gasteiger partial charge on any atom is -0.335 e. The summed E-state index contributed by atoms with van der Waals surface area (Å²) in [5.41, 5.74) is 1.69. The van der Waals surface area contributed by atoms with Gasteiger partial charge in [0.15, 0.2) is 0 Å². The quantitative estimate of drug-likeness (QED) is 0.790. The van der Waals surface area contributed by atoms with Crippen LogP contribution in [-0.4, -0.2) is 24.5 Å². The highest BCUT2D eigenvalue weighted by molar-refractivity contribution is 5.94. The lowest BCUT2D eigenvalue weighted by molar-refractivity contribution is -0.115. The smallest absolute Gasteiger partial charge is 0.315 e. The molecule has 1 aliphatic rings. The highest BCUT2D eigenvalue weighted by atomic mass is 19.1. The molecule has 5 nitrogen and oxygen atoms in total. The zero-order valence-electron chi connectivity index (χ0n) is 13.0. The zero-order chi connectivity index (χ0) is 16.9. The molecule has 0 heterocycles. The van der Waals surface area contributed by atoms with Gasteiger partial charge in [0.05, 0.1) is 6.54 Å². The number of amides is 3. The first-order chi connectivity index (χ1) is 11.6. The number of halogens is 1. The van der Waals surface area contributed by atoms with Crippen LogP contribution < -0.4 is 16.0 Å². The fourth-order valence-corrected chi connectivity index (χ4v) is 2.54. The van der Waals surface area contributed by atoms with Gasteiger partial charge in [-0.15, -0.1) is 0 Å². The van der Waals surface area contributed by atoms with Crippen LogP contribution in [0.3, 0.4) is 0 Å². The van der Waals surface area contributed by atoms with Gasteiger partial charge in [-0.2, -0.15) is 0 Å². The van der Waals surface area contributed by atoms with E-state index in [2.05, 4.69) is 16.0 Å². The van der Waals surface area contributed by atoms with Crippen molar-refractivity contribution in [3.05, 3.63) is 66.0 Å². The Hall–Kier alpha value is -2.89. The number of rotatable bonds is 5. The lowest BCUT2D eigenvalue weighted by Crippen LogP contribution is -2.41. The second-order valence-electron chi connectivity index (χ2n) is 5.74. The normalized spacial score (nSPS) is 18.5. The Morgan fingerprint density at radius 3 is 2.46 bits per heavy atom. The average Bonchev–Trinajstić information content (AvgIpc) is 3.33. The van der Waals surface area contributed by atoms with Crippen molar-refractivity contribution in [3.63, 3.8) is 0 Å². The highest BCUT2D eigenvalue weighted by Crippen LogP contribution is 2.40. The van der Waals surface area contributed by atoms with Crippen LogP contribution >= 0.6 is 0 Å². The lowest BCUT2D eigenvalue weighted by atomic mass is 10.1. The van der Waals surface area contributed by atoms with Crippen molar-refractivity contribution < 1.29 is 14.0 Å². The van der Waals surface area contributed by atoms with Gasteiger partial charge in [0.2, 0.25) is 5.91 Å². The van der Waals surface area contributed by atoms with Gasteiger partial charge < -0.3 is 16.0 Å². The molecule has 2 atom stereocenters. The molecule has 0 aliphatic heterocycles. The maximum Gasteiger partial charge on any atom is 0.315 e. The van der Waals surface area contributed by atoms with Crippen molar-refractivity contribution in [1.29, 1.82) is 0 Å². The van der Waals surface area contributed by atoms with E-state index in [0.717, 1.165) is 12.0 Å². The first-order valence-corrected chi connectivity index (χ1v) is 7.76. The van der Waals surface area contributed by atoms with E-state index in [9.17, 15) is 14.0 Å². The fraction of sp³-hybridized carbons (Fsp3) is 0.222. The molecule has 1 saturated carbocycles. The number of para-hydroxylation sites is 1. The molecule has 1 aliphatic carbocycles. The molecule has 124 valence electrons. The van der Waals surface area contributed by atoms with Gasteiger partial charge in [-0.05, 0) is 36.2 Å². The second-order valence-corrected chi connectivity index (χ2v) is 5.74. The molecule has 0 saturated heterocycles. The van der Waals surface area contributed by atoms with Crippen molar-refractivity contribution in [1.82, 2.24) is 10.6 Å². The van der Waals surface area contributed by atoms with E-state index >= 15 is 0 Å². The molecule has 3 rings (SSSR count). The predicted molar refractivity (Wildman–Crippen MR) is 89.2 cm³/mol. The molecule has 24 heavy (non-hydrogen) atoms. The predicted octanol–water partition coefficient (Wildman–Crippen LogP) is 2.62. The minimum atomic E-state index is -0.382. The SMILES string of the molecule is O=C(CNC(=O)N[C@@H]1C[C@H]1c1ccc(F)cc1)Nc1ccccc1. The van der Waals surface area contributed by atoms with Crippen LogP contribution in [0.2, 0.25) is 0 Å². The first-order valence-electron chi connectivity index (χ1n) is 7.76. The largest absolute Gasteiger partial charge is 0.335 e. The average molecular weight is 327 g/mol. The molecule has 3 N–H and O–H groups in total. The number of benzene rings is 2.